The van der Waals surface area contributed by atoms with E-state index < -0.39 is 39.3 Å². The van der Waals surface area contributed by atoms with Crippen molar-refractivity contribution in [2.45, 2.75) is 83.1 Å². The number of piperidine rings is 1. The predicted molar refractivity (Wildman–Crippen MR) is 141 cm³/mol. The molecule has 5 aliphatic rings. The first-order valence-corrected chi connectivity index (χ1v) is 15.7. The highest BCUT2D eigenvalue weighted by Gasteiger charge is 2.68. The molecule has 4 fully saturated rings. The van der Waals surface area contributed by atoms with Crippen LogP contribution < -0.4 is 0 Å². The maximum atomic E-state index is 14.1. The number of nitrogens with zero attached hydrogens (tertiary/aromatic N) is 2. The first-order chi connectivity index (χ1) is 17.9. The Morgan fingerprint density at radius 3 is 2.47 bits per heavy atom. The first kappa shape index (κ1) is 26.0. The van der Waals surface area contributed by atoms with Gasteiger partial charge in [0, 0.05) is 31.0 Å². The lowest BCUT2D eigenvalue weighted by atomic mass is 9.68. The molecule has 2 amide bonds. The number of carboxylic acid groups (broad SMARTS) is 1. The standard InChI is InChI=1S/C29H38N2O6S/c1-27(2)21-8-10-29(27,23(17-21)31-24(32)15-20(26(31)35)16-25(33)34)18-38(36,37)30-13-11-28(12-14-30)9-7-19-5-3-4-6-22(19)28/h3-6,20-21,23H,7-18H2,1-2H3,(H,33,34)/t20?,21-,23+,29-/m1/s1. The Kier molecular flexibility index (Phi) is 5.89. The minimum Gasteiger partial charge on any atom is -0.481 e. The molecule has 4 atom stereocenters. The number of rotatable bonds is 6. The Morgan fingerprint density at radius 2 is 1.79 bits per heavy atom. The van der Waals surface area contributed by atoms with E-state index in [1.165, 1.54) is 16.0 Å². The van der Waals surface area contributed by atoms with Crippen molar-refractivity contribution < 1.29 is 27.9 Å². The summed E-state index contributed by atoms with van der Waals surface area (Å²) in [5, 5.41) is 9.23. The molecule has 0 radical (unpaired) electrons. The largest absolute Gasteiger partial charge is 0.481 e. The SMILES string of the molecule is CC1(C)[C@@H]2CC[C@@]1(CS(=O)(=O)N1CCC3(CCc4ccccc43)CC1)[C@@H](N1C(=O)CC(CC(=O)O)C1=O)C2. The van der Waals surface area contributed by atoms with Crippen molar-refractivity contribution in [2.24, 2.45) is 22.7 Å². The average Bonchev–Trinajstić information content (AvgIpc) is 3.49. The number of likely N-dealkylation sites (tertiary alicyclic amines) is 1. The van der Waals surface area contributed by atoms with Crippen LogP contribution in [0.2, 0.25) is 0 Å². The molecule has 1 unspecified atom stereocenters. The van der Waals surface area contributed by atoms with E-state index >= 15 is 0 Å². The van der Waals surface area contributed by atoms with Crippen molar-refractivity contribution in [3.05, 3.63) is 35.4 Å². The minimum absolute atomic E-state index is 0.0576. The molecule has 2 saturated carbocycles. The van der Waals surface area contributed by atoms with E-state index in [0.29, 0.717) is 25.9 Å². The molecule has 6 rings (SSSR count). The van der Waals surface area contributed by atoms with Gasteiger partial charge in [0.2, 0.25) is 21.8 Å². The number of sulfonamides is 1. The molecule has 8 nitrogen and oxygen atoms in total. The highest BCUT2D eigenvalue weighted by molar-refractivity contribution is 7.89. The molecule has 1 aromatic carbocycles. The van der Waals surface area contributed by atoms with E-state index in [9.17, 15) is 27.9 Å². The van der Waals surface area contributed by atoms with Gasteiger partial charge < -0.3 is 5.11 Å². The molecule has 38 heavy (non-hydrogen) atoms. The zero-order chi connectivity index (χ0) is 27.1. The summed E-state index contributed by atoms with van der Waals surface area (Å²) in [4.78, 5) is 38.9. The van der Waals surface area contributed by atoms with Crippen LogP contribution in [0.3, 0.4) is 0 Å². The summed E-state index contributed by atoms with van der Waals surface area (Å²) in [6, 6.07) is 8.05. The molecule has 1 spiro atoms. The predicted octanol–water partition coefficient (Wildman–Crippen LogP) is 3.34. The summed E-state index contributed by atoms with van der Waals surface area (Å²) >= 11 is 0. The van der Waals surface area contributed by atoms with Gasteiger partial charge in [-0.15, -0.1) is 0 Å². The van der Waals surface area contributed by atoms with Crippen LogP contribution in [0.4, 0.5) is 0 Å². The maximum absolute atomic E-state index is 14.1. The van der Waals surface area contributed by atoms with Crippen molar-refractivity contribution >= 4 is 27.8 Å². The summed E-state index contributed by atoms with van der Waals surface area (Å²) in [6.07, 6.45) is 5.39. The summed E-state index contributed by atoms with van der Waals surface area (Å²) in [6.45, 7) is 5.17. The van der Waals surface area contributed by atoms with Crippen LogP contribution in [-0.2, 0) is 36.2 Å². The normalized spacial score (nSPS) is 33.8. The molecular weight excluding hydrogens is 504 g/mol. The lowest BCUT2D eigenvalue weighted by Crippen LogP contribution is -2.56. The molecular formula is C29H38N2O6S. The van der Waals surface area contributed by atoms with Gasteiger partial charge in [-0.05, 0) is 72.8 Å². The van der Waals surface area contributed by atoms with Crippen molar-refractivity contribution in [2.75, 3.05) is 18.8 Å². The lowest BCUT2D eigenvalue weighted by molar-refractivity contribution is -0.148. The number of fused-ring (bicyclic) bond motifs is 4. The molecule has 206 valence electrons. The molecule has 9 heteroatoms. The summed E-state index contributed by atoms with van der Waals surface area (Å²) in [5.74, 6) is -2.60. The van der Waals surface area contributed by atoms with Gasteiger partial charge in [-0.1, -0.05) is 38.1 Å². The van der Waals surface area contributed by atoms with E-state index in [4.69, 9.17) is 0 Å². The number of imide groups is 1. The molecule has 2 aliphatic heterocycles. The van der Waals surface area contributed by atoms with Crippen molar-refractivity contribution in [3.8, 4) is 0 Å². The third-order valence-electron chi connectivity index (χ3n) is 11.4. The topological polar surface area (TPSA) is 112 Å². The van der Waals surface area contributed by atoms with Gasteiger partial charge in [0.1, 0.15) is 0 Å². The minimum atomic E-state index is -3.65. The fourth-order valence-corrected chi connectivity index (χ4v) is 11.3. The second-order valence-electron chi connectivity index (χ2n) is 13.1. The quantitative estimate of drug-likeness (QED) is 0.552. The molecule has 1 aromatic rings. The van der Waals surface area contributed by atoms with Crippen LogP contribution in [0.15, 0.2) is 24.3 Å². The van der Waals surface area contributed by atoms with Gasteiger partial charge in [0.25, 0.3) is 0 Å². The number of carboxylic acids is 1. The third kappa shape index (κ3) is 3.64. The van der Waals surface area contributed by atoms with E-state index in [0.717, 1.165) is 32.1 Å². The molecule has 2 heterocycles. The van der Waals surface area contributed by atoms with E-state index in [1.54, 1.807) is 4.31 Å². The Bertz CT molecular complexity index is 1300. The fraction of sp³-hybridized carbons (Fsp3) is 0.690. The Labute approximate surface area is 224 Å². The monoisotopic (exact) mass is 542 g/mol. The van der Waals surface area contributed by atoms with Gasteiger partial charge >= 0.3 is 5.97 Å². The molecule has 3 aliphatic carbocycles. The first-order valence-electron chi connectivity index (χ1n) is 14.0. The van der Waals surface area contributed by atoms with E-state index in [-0.39, 0.29) is 41.2 Å². The summed E-state index contributed by atoms with van der Waals surface area (Å²) in [5.41, 5.74) is 1.75. The van der Waals surface area contributed by atoms with Crippen LogP contribution >= 0.6 is 0 Å². The van der Waals surface area contributed by atoms with Gasteiger partial charge in [0.05, 0.1) is 18.1 Å². The number of amides is 2. The van der Waals surface area contributed by atoms with Crippen molar-refractivity contribution in [1.29, 1.82) is 0 Å². The van der Waals surface area contributed by atoms with Crippen LogP contribution in [0.25, 0.3) is 0 Å². The zero-order valence-corrected chi connectivity index (χ0v) is 23.1. The van der Waals surface area contributed by atoms with Crippen LogP contribution in [0.5, 0.6) is 0 Å². The van der Waals surface area contributed by atoms with Crippen molar-refractivity contribution in [1.82, 2.24) is 9.21 Å². The van der Waals surface area contributed by atoms with E-state index in [1.807, 2.05) is 0 Å². The second kappa shape index (κ2) is 8.62. The van der Waals surface area contributed by atoms with E-state index in [2.05, 4.69) is 38.1 Å². The molecule has 1 N–H and O–H groups in total. The average molecular weight is 543 g/mol. The summed E-state index contributed by atoms with van der Waals surface area (Å²) in [7, 11) is -3.65. The number of hydrogen-bond donors (Lipinski definition) is 1. The van der Waals surface area contributed by atoms with Gasteiger partial charge in [-0.3, -0.25) is 19.3 Å². The van der Waals surface area contributed by atoms with Crippen LogP contribution in [-0.4, -0.2) is 65.4 Å². The molecule has 2 bridgehead atoms. The lowest BCUT2D eigenvalue weighted by Gasteiger charge is -2.46. The second-order valence-corrected chi connectivity index (χ2v) is 15.0. The smallest absolute Gasteiger partial charge is 0.304 e. The van der Waals surface area contributed by atoms with Crippen LogP contribution in [0.1, 0.15) is 76.3 Å². The number of carbonyl (C=O) groups is 3. The number of aliphatic carboxylic acids is 1. The number of aryl methyl sites for hydroxylation is 1. The Hall–Kier alpha value is -2.26. The number of hydrogen-bond acceptors (Lipinski definition) is 5. The highest BCUT2D eigenvalue weighted by Crippen LogP contribution is 2.68. The highest BCUT2D eigenvalue weighted by atomic mass is 32.2. The summed E-state index contributed by atoms with van der Waals surface area (Å²) < 4.78 is 29.8. The zero-order valence-electron chi connectivity index (χ0n) is 22.3. The Balaban J connectivity index is 1.24. The fourth-order valence-electron chi connectivity index (χ4n) is 9.04. The third-order valence-corrected chi connectivity index (χ3v) is 13.4. The molecule has 0 aromatic heterocycles. The maximum Gasteiger partial charge on any atom is 0.304 e. The van der Waals surface area contributed by atoms with Crippen molar-refractivity contribution in [3.63, 3.8) is 0 Å². The Morgan fingerprint density at radius 1 is 1.08 bits per heavy atom. The van der Waals surface area contributed by atoms with Gasteiger partial charge in [-0.25, -0.2) is 12.7 Å². The van der Waals surface area contributed by atoms with Crippen LogP contribution in [0, 0.1) is 22.7 Å². The van der Waals surface area contributed by atoms with Gasteiger partial charge in [0.15, 0.2) is 0 Å². The number of carbonyl (C=O) groups excluding carboxylic acids is 2. The van der Waals surface area contributed by atoms with Gasteiger partial charge in [-0.2, -0.15) is 0 Å². The number of benzene rings is 1. The molecule has 2 saturated heterocycles.